The molecule has 1 nitrogen and oxygen atoms in total. The van der Waals surface area contributed by atoms with Gasteiger partial charge in [0.2, 0.25) is 0 Å². The maximum atomic E-state index is 5.14. The van der Waals surface area contributed by atoms with Crippen LogP contribution in [-0.4, -0.2) is 13.1 Å². The van der Waals surface area contributed by atoms with Crippen LogP contribution >= 0.6 is 32.9 Å². The van der Waals surface area contributed by atoms with Gasteiger partial charge in [0.05, 0.1) is 0 Å². The minimum absolute atomic E-state index is 1.03. The van der Waals surface area contributed by atoms with Crippen LogP contribution in [0.5, 0.6) is 0 Å². The predicted molar refractivity (Wildman–Crippen MR) is 63.7 cm³/mol. The van der Waals surface area contributed by atoms with Crippen molar-refractivity contribution >= 4 is 37.9 Å². The second-order valence-corrected chi connectivity index (χ2v) is 6.26. The van der Waals surface area contributed by atoms with E-state index >= 15 is 0 Å². The fourth-order valence-electron chi connectivity index (χ4n) is 1.67. The zero-order valence-corrected chi connectivity index (χ0v) is 9.94. The SMILES string of the molecule is S=c1cc(N2CCCCCC2)ss1. The molecule has 1 saturated heterocycles. The third-order valence-corrected chi connectivity index (χ3v) is 5.27. The van der Waals surface area contributed by atoms with E-state index in [2.05, 4.69) is 11.0 Å². The van der Waals surface area contributed by atoms with Crippen LogP contribution in [-0.2, 0) is 0 Å². The summed E-state index contributed by atoms with van der Waals surface area (Å²) < 4.78 is 1.03. The standard InChI is InChI=1S/C9H13NS3/c11-9-7-8(12-13-9)10-5-3-1-2-4-6-10/h7H,1-6H2. The van der Waals surface area contributed by atoms with Gasteiger partial charge < -0.3 is 4.90 Å². The molecule has 1 aliphatic rings. The summed E-state index contributed by atoms with van der Waals surface area (Å²) in [7, 11) is 3.55. The van der Waals surface area contributed by atoms with E-state index in [0.717, 1.165) is 3.82 Å². The Morgan fingerprint density at radius 2 is 1.77 bits per heavy atom. The third-order valence-electron chi connectivity index (χ3n) is 2.37. The largest absolute Gasteiger partial charge is 0.363 e. The van der Waals surface area contributed by atoms with Gasteiger partial charge in [0.15, 0.2) is 0 Å². The normalized spacial score (nSPS) is 18.6. The number of rotatable bonds is 1. The first-order valence-electron chi connectivity index (χ1n) is 4.71. The van der Waals surface area contributed by atoms with Crippen molar-refractivity contribution in [2.75, 3.05) is 18.0 Å². The summed E-state index contributed by atoms with van der Waals surface area (Å²) in [5.74, 6) is 0. The van der Waals surface area contributed by atoms with Crippen molar-refractivity contribution in [1.82, 2.24) is 0 Å². The highest BCUT2D eigenvalue weighted by atomic mass is 32.9. The first-order valence-corrected chi connectivity index (χ1v) is 7.27. The van der Waals surface area contributed by atoms with E-state index < -0.39 is 0 Å². The average molecular weight is 231 g/mol. The van der Waals surface area contributed by atoms with Gasteiger partial charge in [-0.2, -0.15) is 0 Å². The minimum Gasteiger partial charge on any atom is -0.363 e. The third kappa shape index (κ3) is 2.51. The summed E-state index contributed by atoms with van der Waals surface area (Å²) in [4.78, 5) is 2.49. The lowest BCUT2D eigenvalue weighted by Crippen LogP contribution is -2.22. The quantitative estimate of drug-likeness (QED) is 0.532. The molecule has 0 spiro atoms. The molecule has 4 heteroatoms. The van der Waals surface area contributed by atoms with Crippen molar-refractivity contribution in [2.24, 2.45) is 0 Å². The molecule has 0 unspecified atom stereocenters. The second-order valence-electron chi connectivity index (χ2n) is 3.37. The lowest BCUT2D eigenvalue weighted by atomic mass is 10.2. The molecule has 0 saturated carbocycles. The van der Waals surface area contributed by atoms with Crippen LogP contribution < -0.4 is 4.90 Å². The van der Waals surface area contributed by atoms with E-state index in [4.69, 9.17) is 12.2 Å². The van der Waals surface area contributed by atoms with Gasteiger partial charge >= 0.3 is 0 Å². The van der Waals surface area contributed by atoms with Crippen LogP contribution in [0.25, 0.3) is 0 Å². The Labute approximate surface area is 91.4 Å². The summed E-state index contributed by atoms with van der Waals surface area (Å²) in [6.07, 6.45) is 5.47. The number of hydrogen-bond acceptors (Lipinski definition) is 4. The molecule has 1 aromatic rings. The molecular formula is C9H13NS3. The summed E-state index contributed by atoms with van der Waals surface area (Å²) in [5.41, 5.74) is 0. The topological polar surface area (TPSA) is 3.24 Å². The highest BCUT2D eigenvalue weighted by Gasteiger charge is 2.10. The number of anilines is 1. The molecule has 1 aromatic heterocycles. The highest BCUT2D eigenvalue weighted by molar-refractivity contribution is 7.80. The maximum absolute atomic E-state index is 5.14. The van der Waals surface area contributed by atoms with E-state index in [1.807, 2.05) is 10.3 Å². The van der Waals surface area contributed by atoms with Gasteiger partial charge in [-0.3, -0.25) is 0 Å². The fraction of sp³-hybridized carbons (Fsp3) is 0.667. The van der Waals surface area contributed by atoms with Crippen LogP contribution in [0, 0.1) is 3.82 Å². The smallest absolute Gasteiger partial charge is 0.104 e. The van der Waals surface area contributed by atoms with Crippen molar-refractivity contribution in [3.8, 4) is 0 Å². The number of nitrogens with zero attached hydrogens (tertiary/aromatic N) is 1. The molecule has 0 bridgehead atoms. The van der Waals surface area contributed by atoms with Crippen LogP contribution in [0.3, 0.4) is 0 Å². The molecule has 2 rings (SSSR count). The first kappa shape index (κ1) is 9.62. The summed E-state index contributed by atoms with van der Waals surface area (Å²) >= 11 is 5.14. The molecule has 13 heavy (non-hydrogen) atoms. The van der Waals surface area contributed by atoms with Gasteiger partial charge in [-0.15, -0.1) is 0 Å². The van der Waals surface area contributed by atoms with Gasteiger partial charge in [0.25, 0.3) is 0 Å². The number of hydrogen-bond donors (Lipinski definition) is 0. The lowest BCUT2D eigenvalue weighted by Gasteiger charge is -2.19. The van der Waals surface area contributed by atoms with Crippen LogP contribution in [0.2, 0.25) is 0 Å². The average Bonchev–Trinajstić information content (AvgIpc) is 2.43. The zero-order valence-electron chi connectivity index (χ0n) is 7.49. The molecule has 0 amide bonds. The molecule has 1 fully saturated rings. The maximum Gasteiger partial charge on any atom is 0.104 e. The molecule has 0 aliphatic carbocycles. The van der Waals surface area contributed by atoms with Crippen LogP contribution in [0.15, 0.2) is 6.07 Å². The Morgan fingerprint density at radius 1 is 1.08 bits per heavy atom. The van der Waals surface area contributed by atoms with E-state index in [0.29, 0.717) is 0 Å². The van der Waals surface area contributed by atoms with Crippen LogP contribution in [0.1, 0.15) is 25.7 Å². The zero-order chi connectivity index (χ0) is 9.10. The molecule has 0 atom stereocenters. The Bertz CT molecular complexity index is 307. The Morgan fingerprint density at radius 3 is 2.31 bits per heavy atom. The Balaban J connectivity index is 2.10. The monoisotopic (exact) mass is 231 g/mol. The first-order chi connectivity index (χ1) is 6.36. The Hall–Kier alpha value is 0.0700. The second kappa shape index (κ2) is 4.53. The van der Waals surface area contributed by atoms with Crippen LogP contribution in [0.4, 0.5) is 5.00 Å². The molecule has 0 N–H and O–H groups in total. The van der Waals surface area contributed by atoms with Gasteiger partial charge in [-0.05, 0) is 12.8 Å². The van der Waals surface area contributed by atoms with E-state index in [-0.39, 0.29) is 0 Å². The van der Waals surface area contributed by atoms with Crippen molar-refractivity contribution < 1.29 is 0 Å². The molecule has 1 aliphatic heterocycles. The van der Waals surface area contributed by atoms with Crippen molar-refractivity contribution in [2.45, 2.75) is 25.7 Å². The fourth-order valence-corrected chi connectivity index (χ4v) is 4.12. The van der Waals surface area contributed by atoms with Gasteiger partial charge in [0.1, 0.15) is 8.82 Å². The van der Waals surface area contributed by atoms with Gasteiger partial charge in [-0.1, -0.05) is 45.7 Å². The van der Waals surface area contributed by atoms with E-state index in [9.17, 15) is 0 Å². The summed E-state index contributed by atoms with van der Waals surface area (Å²) in [5, 5.41) is 1.39. The summed E-state index contributed by atoms with van der Waals surface area (Å²) in [6, 6.07) is 2.15. The predicted octanol–water partition coefficient (Wildman–Crippen LogP) is 3.92. The van der Waals surface area contributed by atoms with E-state index in [1.54, 1.807) is 10.3 Å². The van der Waals surface area contributed by atoms with E-state index in [1.165, 1.54) is 43.8 Å². The minimum atomic E-state index is 1.03. The van der Waals surface area contributed by atoms with Crippen molar-refractivity contribution in [3.05, 3.63) is 9.89 Å². The molecule has 72 valence electrons. The van der Waals surface area contributed by atoms with Gasteiger partial charge in [-0.25, -0.2) is 0 Å². The van der Waals surface area contributed by atoms with Gasteiger partial charge in [0, 0.05) is 19.2 Å². The molecule has 2 heterocycles. The Kier molecular flexibility index (Phi) is 3.35. The van der Waals surface area contributed by atoms with Crippen molar-refractivity contribution in [3.63, 3.8) is 0 Å². The molecular weight excluding hydrogens is 218 g/mol. The lowest BCUT2D eigenvalue weighted by molar-refractivity contribution is 0.726. The molecule has 0 radical (unpaired) electrons. The highest BCUT2D eigenvalue weighted by Crippen LogP contribution is 2.29. The molecule has 0 aromatic carbocycles. The summed E-state index contributed by atoms with van der Waals surface area (Å²) in [6.45, 7) is 2.45. The van der Waals surface area contributed by atoms with Crippen molar-refractivity contribution in [1.29, 1.82) is 0 Å².